The molecule has 0 heterocycles. The molecule has 2 aromatic carbocycles. The van der Waals surface area contributed by atoms with Crippen LogP contribution in [0.1, 0.15) is 5.56 Å². The van der Waals surface area contributed by atoms with Crippen LogP contribution in [0, 0.1) is 0 Å². The van der Waals surface area contributed by atoms with E-state index in [4.69, 9.17) is 11.6 Å². The van der Waals surface area contributed by atoms with Gasteiger partial charge in [-0.3, -0.25) is 9.59 Å². The van der Waals surface area contributed by atoms with Crippen LogP contribution in [-0.4, -0.2) is 38.4 Å². The van der Waals surface area contributed by atoms with Crippen LogP contribution in [0.3, 0.4) is 0 Å². The maximum absolute atomic E-state index is 11.9. The van der Waals surface area contributed by atoms with Gasteiger partial charge in [0, 0.05) is 35.9 Å². The normalized spacial score (nSPS) is 10.6. The van der Waals surface area contributed by atoms with Gasteiger partial charge in [0.05, 0.1) is 11.2 Å². The SMILES string of the molecule is CSc1cccc(NC(=O)C(=O)N/N=C\c2ccc(N(C)C)cc2Cl)c1. The van der Waals surface area contributed by atoms with E-state index >= 15 is 0 Å². The van der Waals surface area contributed by atoms with E-state index in [0.717, 1.165) is 10.6 Å². The van der Waals surface area contributed by atoms with Gasteiger partial charge in [-0.2, -0.15) is 5.10 Å². The third-order valence-corrected chi connectivity index (χ3v) is 4.46. The summed E-state index contributed by atoms with van der Waals surface area (Å²) in [5, 5.41) is 6.81. The molecule has 0 fully saturated rings. The molecule has 26 heavy (non-hydrogen) atoms. The first kappa shape index (κ1) is 19.8. The molecule has 0 saturated heterocycles. The van der Waals surface area contributed by atoms with E-state index in [2.05, 4.69) is 15.8 Å². The van der Waals surface area contributed by atoms with E-state index in [1.54, 1.807) is 42.1 Å². The molecule has 0 aliphatic carbocycles. The van der Waals surface area contributed by atoms with Crippen LogP contribution in [0.2, 0.25) is 5.02 Å². The maximum Gasteiger partial charge on any atom is 0.329 e. The smallest absolute Gasteiger partial charge is 0.329 e. The lowest BCUT2D eigenvalue weighted by atomic mass is 10.2. The average molecular weight is 391 g/mol. The monoisotopic (exact) mass is 390 g/mol. The van der Waals surface area contributed by atoms with Crippen LogP contribution in [0.5, 0.6) is 0 Å². The number of nitrogens with one attached hydrogen (secondary N) is 2. The predicted molar refractivity (Wildman–Crippen MR) is 108 cm³/mol. The fourth-order valence-corrected chi connectivity index (χ4v) is 2.68. The number of hydrogen-bond acceptors (Lipinski definition) is 5. The van der Waals surface area contributed by atoms with Gasteiger partial charge in [-0.1, -0.05) is 17.7 Å². The Morgan fingerprint density at radius 3 is 2.58 bits per heavy atom. The standard InChI is InChI=1S/C18H19ClN4O2S/c1-23(2)14-8-7-12(16(19)10-14)11-20-22-18(25)17(24)21-13-5-4-6-15(9-13)26-3/h4-11H,1-3H3,(H,21,24)(H,22,25)/b20-11-. The number of carbonyl (C=O) groups excluding carboxylic acids is 2. The molecule has 0 aliphatic rings. The number of hydrazone groups is 1. The summed E-state index contributed by atoms with van der Waals surface area (Å²) in [7, 11) is 3.82. The van der Waals surface area contributed by atoms with Gasteiger partial charge in [-0.25, -0.2) is 5.43 Å². The Morgan fingerprint density at radius 1 is 1.15 bits per heavy atom. The van der Waals surface area contributed by atoms with Crippen molar-refractivity contribution >= 4 is 52.8 Å². The summed E-state index contributed by atoms with van der Waals surface area (Å²) in [6.45, 7) is 0. The quantitative estimate of drug-likeness (QED) is 0.356. The molecule has 0 spiro atoms. The average Bonchev–Trinajstić information content (AvgIpc) is 2.62. The van der Waals surface area contributed by atoms with Crippen molar-refractivity contribution in [3.05, 3.63) is 53.1 Å². The summed E-state index contributed by atoms with van der Waals surface area (Å²) in [5.41, 5.74) is 4.31. The highest BCUT2D eigenvalue weighted by atomic mass is 35.5. The number of nitrogens with zero attached hydrogens (tertiary/aromatic N) is 2. The molecule has 136 valence electrons. The zero-order chi connectivity index (χ0) is 19.1. The number of anilines is 2. The second-order valence-electron chi connectivity index (χ2n) is 5.49. The van der Waals surface area contributed by atoms with Crippen LogP contribution in [0.25, 0.3) is 0 Å². The molecule has 0 bridgehead atoms. The van der Waals surface area contributed by atoms with Crippen LogP contribution in [-0.2, 0) is 9.59 Å². The Kier molecular flexibility index (Phi) is 7.06. The summed E-state index contributed by atoms with van der Waals surface area (Å²) >= 11 is 7.72. The van der Waals surface area contributed by atoms with E-state index in [9.17, 15) is 9.59 Å². The highest BCUT2D eigenvalue weighted by molar-refractivity contribution is 7.98. The van der Waals surface area contributed by atoms with Crippen molar-refractivity contribution in [3.8, 4) is 0 Å². The second kappa shape index (κ2) is 9.26. The summed E-state index contributed by atoms with van der Waals surface area (Å²) in [5.74, 6) is -1.66. The molecule has 0 saturated carbocycles. The van der Waals surface area contributed by atoms with Gasteiger partial charge in [0.25, 0.3) is 0 Å². The lowest BCUT2D eigenvalue weighted by Crippen LogP contribution is -2.32. The Morgan fingerprint density at radius 2 is 1.92 bits per heavy atom. The first-order valence-electron chi connectivity index (χ1n) is 7.66. The highest BCUT2D eigenvalue weighted by Crippen LogP contribution is 2.21. The molecule has 8 heteroatoms. The zero-order valence-electron chi connectivity index (χ0n) is 14.6. The summed E-state index contributed by atoms with van der Waals surface area (Å²) < 4.78 is 0. The number of rotatable bonds is 5. The lowest BCUT2D eigenvalue weighted by Gasteiger charge is -2.13. The van der Waals surface area contributed by atoms with Gasteiger partial charge in [0.2, 0.25) is 0 Å². The van der Waals surface area contributed by atoms with Crippen molar-refractivity contribution < 1.29 is 9.59 Å². The molecule has 6 nitrogen and oxygen atoms in total. The number of carbonyl (C=O) groups is 2. The molecule has 0 unspecified atom stereocenters. The molecule has 0 aliphatic heterocycles. The van der Waals surface area contributed by atoms with Gasteiger partial charge >= 0.3 is 11.8 Å². The van der Waals surface area contributed by atoms with Crippen LogP contribution < -0.4 is 15.6 Å². The summed E-state index contributed by atoms with van der Waals surface area (Å²) in [6, 6.07) is 12.6. The van der Waals surface area contributed by atoms with Crippen LogP contribution in [0.15, 0.2) is 52.5 Å². The minimum Gasteiger partial charge on any atom is -0.378 e. The van der Waals surface area contributed by atoms with E-state index in [1.165, 1.54) is 6.21 Å². The Balaban J connectivity index is 1.95. The number of amides is 2. The fourth-order valence-electron chi connectivity index (χ4n) is 2.00. The molecule has 0 aromatic heterocycles. The van der Waals surface area contributed by atoms with Gasteiger partial charge < -0.3 is 10.2 Å². The lowest BCUT2D eigenvalue weighted by molar-refractivity contribution is -0.136. The van der Waals surface area contributed by atoms with Crippen molar-refractivity contribution in [2.24, 2.45) is 5.10 Å². The van der Waals surface area contributed by atoms with Crippen molar-refractivity contribution in [1.29, 1.82) is 0 Å². The second-order valence-corrected chi connectivity index (χ2v) is 6.77. The highest BCUT2D eigenvalue weighted by Gasteiger charge is 2.13. The van der Waals surface area contributed by atoms with Crippen molar-refractivity contribution in [1.82, 2.24) is 5.43 Å². The third kappa shape index (κ3) is 5.50. The minimum atomic E-state index is -0.864. The van der Waals surface area contributed by atoms with E-state index in [1.807, 2.05) is 37.4 Å². The molecule has 2 N–H and O–H groups in total. The summed E-state index contributed by atoms with van der Waals surface area (Å²) in [4.78, 5) is 26.6. The van der Waals surface area contributed by atoms with Gasteiger partial charge in [-0.05, 0) is 42.7 Å². The van der Waals surface area contributed by atoms with E-state index < -0.39 is 11.8 Å². The molecular formula is C18H19ClN4O2S. The van der Waals surface area contributed by atoms with Crippen LogP contribution >= 0.6 is 23.4 Å². The Hall–Kier alpha value is -2.51. The molecular weight excluding hydrogens is 372 g/mol. The number of hydrogen-bond donors (Lipinski definition) is 2. The fraction of sp³-hybridized carbons (Fsp3) is 0.167. The molecule has 2 rings (SSSR count). The molecule has 2 aromatic rings. The number of thioether (sulfide) groups is 1. The first-order chi connectivity index (χ1) is 12.4. The molecule has 0 atom stereocenters. The largest absolute Gasteiger partial charge is 0.378 e. The molecule has 2 amide bonds. The van der Waals surface area contributed by atoms with Gasteiger partial charge in [0.15, 0.2) is 0 Å². The van der Waals surface area contributed by atoms with Crippen LogP contribution in [0.4, 0.5) is 11.4 Å². The van der Waals surface area contributed by atoms with Crippen molar-refractivity contribution in [3.63, 3.8) is 0 Å². The first-order valence-corrected chi connectivity index (χ1v) is 9.26. The molecule has 0 radical (unpaired) electrons. The number of halogens is 1. The third-order valence-electron chi connectivity index (χ3n) is 3.40. The minimum absolute atomic E-state index is 0.493. The van der Waals surface area contributed by atoms with Gasteiger partial charge in [0.1, 0.15) is 0 Å². The predicted octanol–water partition coefficient (Wildman–Crippen LogP) is 3.22. The van der Waals surface area contributed by atoms with Gasteiger partial charge in [-0.15, -0.1) is 11.8 Å². The topological polar surface area (TPSA) is 73.8 Å². The Labute approximate surface area is 161 Å². The number of benzene rings is 2. The van der Waals surface area contributed by atoms with E-state index in [-0.39, 0.29) is 0 Å². The maximum atomic E-state index is 11.9. The summed E-state index contributed by atoms with van der Waals surface area (Å²) in [6.07, 6.45) is 3.32. The van der Waals surface area contributed by atoms with Crippen molar-refractivity contribution in [2.45, 2.75) is 4.90 Å². The zero-order valence-corrected chi connectivity index (χ0v) is 16.2. The Bertz CT molecular complexity index is 840. The van der Waals surface area contributed by atoms with E-state index in [0.29, 0.717) is 16.3 Å². The van der Waals surface area contributed by atoms with Crippen molar-refractivity contribution in [2.75, 3.05) is 30.6 Å².